The molecule has 0 aliphatic rings. The summed E-state index contributed by atoms with van der Waals surface area (Å²) in [6, 6.07) is 10.9. The number of hydrogen-bond donors (Lipinski definition) is 0. The lowest BCUT2D eigenvalue weighted by Crippen LogP contribution is -2.06. The Balaban J connectivity index is 1.68. The first-order valence-corrected chi connectivity index (χ1v) is 9.57. The second kappa shape index (κ2) is 9.16. The second-order valence-corrected chi connectivity index (χ2v) is 6.68. The highest BCUT2D eigenvalue weighted by molar-refractivity contribution is 7.13. The van der Waals surface area contributed by atoms with Crippen LogP contribution in [0.25, 0.3) is 10.6 Å². The van der Waals surface area contributed by atoms with Crippen molar-refractivity contribution in [3.05, 3.63) is 69.2 Å². The molecule has 0 spiro atoms. The zero-order chi connectivity index (χ0) is 20.8. The SMILES string of the molecule is CCOc1ccc(-c2nc(COC(=O)c3cccc([N+](=O)[O-])c3)cs2)cc1OC. The van der Waals surface area contributed by atoms with Crippen LogP contribution in [0.4, 0.5) is 5.69 Å². The zero-order valence-electron chi connectivity index (χ0n) is 15.8. The van der Waals surface area contributed by atoms with Gasteiger partial charge in [0.1, 0.15) is 11.6 Å². The highest BCUT2D eigenvalue weighted by Gasteiger charge is 2.14. The van der Waals surface area contributed by atoms with Crippen LogP contribution in [-0.2, 0) is 11.3 Å². The van der Waals surface area contributed by atoms with Crippen LogP contribution in [0.15, 0.2) is 47.8 Å². The molecule has 150 valence electrons. The van der Waals surface area contributed by atoms with E-state index in [2.05, 4.69) is 4.98 Å². The van der Waals surface area contributed by atoms with E-state index in [0.717, 1.165) is 10.6 Å². The summed E-state index contributed by atoms with van der Waals surface area (Å²) < 4.78 is 16.1. The molecule has 0 aliphatic heterocycles. The van der Waals surface area contributed by atoms with Crippen molar-refractivity contribution in [3.63, 3.8) is 0 Å². The van der Waals surface area contributed by atoms with Crippen LogP contribution in [0.3, 0.4) is 0 Å². The zero-order valence-corrected chi connectivity index (χ0v) is 16.6. The van der Waals surface area contributed by atoms with Gasteiger partial charge >= 0.3 is 5.97 Å². The Morgan fingerprint density at radius 2 is 2.03 bits per heavy atom. The highest BCUT2D eigenvalue weighted by atomic mass is 32.1. The van der Waals surface area contributed by atoms with Gasteiger partial charge in [-0.1, -0.05) is 6.07 Å². The van der Waals surface area contributed by atoms with Crippen molar-refractivity contribution in [1.82, 2.24) is 4.98 Å². The first-order valence-electron chi connectivity index (χ1n) is 8.69. The number of ether oxygens (including phenoxy) is 3. The molecule has 29 heavy (non-hydrogen) atoms. The Labute approximate surface area is 170 Å². The molecule has 0 radical (unpaired) electrons. The van der Waals surface area contributed by atoms with Crippen molar-refractivity contribution < 1.29 is 23.9 Å². The number of carbonyl (C=O) groups is 1. The number of rotatable bonds is 8. The molecule has 8 nitrogen and oxygen atoms in total. The molecular weight excluding hydrogens is 396 g/mol. The monoisotopic (exact) mass is 414 g/mol. The van der Waals surface area contributed by atoms with Gasteiger partial charge in [-0.15, -0.1) is 11.3 Å². The van der Waals surface area contributed by atoms with Gasteiger partial charge in [0, 0.05) is 23.1 Å². The van der Waals surface area contributed by atoms with Crippen molar-refractivity contribution in [3.8, 4) is 22.1 Å². The van der Waals surface area contributed by atoms with Crippen LogP contribution in [0.5, 0.6) is 11.5 Å². The van der Waals surface area contributed by atoms with Gasteiger partial charge in [-0.05, 0) is 31.2 Å². The van der Waals surface area contributed by atoms with E-state index < -0.39 is 10.9 Å². The maximum absolute atomic E-state index is 12.2. The van der Waals surface area contributed by atoms with Gasteiger partial charge < -0.3 is 14.2 Å². The predicted molar refractivity (Wildman–Crippen MR) is 107 cm³/mol. The topological polar surface area (TPSA) is 101 Å². The van der Waals surface area contributed by atoms with Gasteiger partial charge in [0.2, 0.25) is 0 Å². The summed E-state index contributed by atoms with van der Waals surface area (Å²) in [7, 11) is 1.57. The van der Waals surface area contributed by atoms with E-state index in [1.54, 1.807) is 12.5 Å². The molecule has 2 aromatic carbocycles. The number of hydrogen-bond acceptors (Lipinski definition) is 8. The normalized spacial score (nSPS) is 10.4. The van der Waals surface area contributed by atoms with Crippen LogP contribution in [0.1, 0.15) is 23.0 Å². The summed E-state index contributed by atoms with van der Waals surface area (Å²) >= 11 is 1.41. The van der Waals surface area contributed by atoms with E-state index >= 15 is 0 Å². The molecular formula is C20H18N2O6S. The third-order valence-corrected chi connectivity index (χ3v) is 4.85. The first-order chi connectivity index (χ1) is 14.0. The van der Waals surface area contributed by atoms with Crippen molar-refractivity contribution in [2.45, 2.75) is 13.5 Å². The molecule has 0 unspecified atom stereocenters. The molecule has 9 heteroatoms. The molecule has 0 fully saturated rings. The summed E-state index contributed by atoms with van der Waals surface area (Å²) in [5.41, 5.74) is 1.38. The van der Waals surface area contributed by atoms with E-state index in [1.807, 2.05) is 25.1 Å². The van der Waals surface area contributed by atoms with Gasteiger partial charge in [-0.3, -0.25) is 10.1 Å². The van der Waals surface area contributed by atoms with Gasteiger partial charge in [0.05, 0.1) is 29.9 Å². The number of carbonyl (C=O) groups excluding carboxylic acids is 1. The first kappa shape index (κ1) is 20.3. The molecule has 0 N–H and O–H groups in total. The molecule has 0 atom stereocenters. The number of nitrogens with zero attached hydrogens (tertiary/aromatic N) is 2. The van der Waals surface area contributed by atoms with E-state index in [-0.39, 0.29) is 17.9 Å². The summed E-state index contributed by atoms with van der Waals surface area (Å²) in [6.07, 6.45) is 0. The van der Waals surface area contributed by atoms with Crippen LogP contribution >= 0.6 is 11.3 Å². The molecule has 0 aliphatic carbocycles. The minimum Gasteiger partial charge on any atom is -0.493 e. The smallest absolute Gasteiger partial charge is 0.338 e. The predicted octanol–water partition coefficient (Wildman–Crippen LogP) is 4.48. The number of esters is 1. The Kier molecular flexibility index (Phi) is 6.40. The van der Waals surface area contributed by atoms with E-state index in [4.69, 9.17) is 14.2 Å². The lowest BCUT2D eigenvalue weighted by atomic mass is 10.2. The minimum absolute atomic E-state index is 0.0355. The number of aromatic nitrogens is 1. The average molecular weight is 414 g/mol. The Hall–Kier alpha value is -3.46. The summed E-state index contributed by atoms with van der Waals surface area (Å²) in [6.45, 7) is 2.40. The van der Waals surface area contributed by atoms with Crippen LogP contribution in [0, 0.1) is 10.1 Å². The molecule has 1 aromatic heterocycles. The molecule has 0 amide bonds. The van der Waals surface area contributed by atoms with Crippen molar-refractivity contribution in [2.24, 2.45) is 0 Å². The van der Waals surface area contributed by atoms with Crippen molar-refractivity contribution in [2.75, 3.05) is 13.7 Å². The maximum atomic E-state index is 12.2. The largest absolute Gasteiger partial charge is 0.493 e. The van der Waals surface area contributed by atoms with E-state index in [9.17, 15) is 14.9 Å². The van der Waals surface area contributed by atoms with Gasteiger partial charge in [0.25, 0.3) is 5.69 Å². The maximum Gasteiger partial charge on any atom is 0.338 e. The highest BCUT2D eigenvalue weighted by Crippen LogP contribution is 2.33. The number of non-ortho nitro benzene ring substituents is 1. The number of benzene rings is 2. The summed E-state index contributed by atoms with van der Waals surface area (Å²) in [5, 5.41) is 13.4. The number of nitro groups is 1. The molecule has 3 aromatic rings. The fourth-order valence-corrected chi connectivity index (χ4v) is 3.35. The van der Waals surface area contributed by atoms with Crippen LogP contribution in [-0.4, -0.2) is 29.6 Å². The van der Waals surface area contributed by atoms with E-state index in [1.165, 1.54) is 35.6 Å². The van der Waals surface area contributed by atoms with Crippen molar-refractivity contribution in [1.29, 1.82) is 0 Å². The summed E-state index contributed by atoms with van der Waals surface area (Å²) in [4.78, 5) is 26.9. The number of methoxy groups -OCH3 is 1. The molecule has 0 saturated carbocycles. The Bertz CT molecular complexity index is 1030. The Morgan fingerprint density at radius 3 is 2.76 bits per heavy atom. The van der Waals surface area contributed by atoms with Gasteiger partial charge in [0.15, 0.2) is 11.5 Å². The molecule has 0 bridgehead atoms. The molecule has 1 heterocycles. The lowest BCUT2D eigenvalue weighted by molar-refractivity contribution is -0.384. The van der Waals surface area contributed by atoms with Crippen molar-refractivity contribution >= 4 is 23.0 Å². The third kappa shape index (κ3) is 4.88. The average Bonchev–Trinajstić information content (AvgIpc) is 3.21. The third-order valence-electron chi connectivity index (χ3n) is 3.91. The lowest BCUT2D eigenvalue weighted by Gasteiger charge is -2.09. The van der Waals surface area contributed by atoms with Crippen LogP contribution < -0.4 is 9.47 Å². The fraction of sp³-hybridized carbons (Fsp3) is 0.200. The number of nitro benzene ring substituents is 1. The second-order valence-electron chi connectivity index (χ2n) is 5.83. The van der Waals surface area contributed by atoms with Gasteiger partial charge in [-0.25, -0.2) is 9.78 Å². The quantitative estimate of drug-likeness (QED) is 0.304. The van der Waals surface area contributed by atoms with Crippen LogP contribution in [0.2, 0.25) is 0 Å². The standard InChI is InChI=1S/C20H18N2O6S/c1-3-27-17-8-7-13(10-18(17)26-2)19-21-15(12-29-19)11-28-20(23)14-5-4-6-16(9-14)22(24)25/h4-10,12H,3,11H2,1-2H3. The Morgan fingerprint density at radius 1 is 1.21 bits per heavy atom. The molecule has 3 rings (SSSR count). The minimum atomic E-state index is -0.647. The van der Waals surface area contributed by atoms with Gasteiger partial charge in [-0.2, -0.15) is 0 Å². The van der Waals surface area contributed by atoms with E-state index in [0.29, 0.717) is 23.8 Å². The fourth-order valence-electron chi connectivity index (χ4n) is 2.55. The summed E-state index contributed by atoms with van der Waals surface area (Å²) in [5.74, 6) is 0.616. The number of thiazole rings is 1. The molecule has 0 saturated heterocycles.